The molecule has 1 N–H and O–H groups in total. The number of benzene rings is 1. The molecule has 0 aliphatic heterocycles. The molecular formula is C11H10ClF5O2. The maximum atomic E-state index is 13.3. The van der Waals surface area contributed by atoms with E-state index in [9.17, 15) is 27.1 Å². The molecule has 0 saturated carbocycles. The van der Waals surface area contributed by atoms with E-state index in [1.807, 2.05) is 0 Å². The van der Waals surface area contributed by atoms with Gasteiger partial charge in [0.05, 0.1) is 6.61 Å². The van der Waals surface area contributed by atoms with Gasteiger partial charge in [0.2, 0.25) is 0 Å². The maximum Gasteiger partial charge on any atom is 0.330 e. The van der Waals surface area contributed by atoms with Crippen molar-refractivity contribution < 1.29 is 31.8 Å². The van der Waals surface area contributed by atoms with Gasteiger partial charge < -0.3 is 9.84 Å². The van der Waals surface area contributed by atoms with Crippen molar-refractivity contribution in [3.05, 3.63) is 34.6 Å². The standard InChI is InChI=1S/C11H10ClF5O2/c12-6-1-2-7(8(13)3-6)9(18)4-19-5-11(16,17)10(14)15/h1-3,9-10,18H,4-5H2. The Morgan fingerprint density at radius 1 is 1.32 bits per heavy atom. The number of rotatable bonds is 6. The van der Waals surface area contributed by atoms with Gasteiger partial charge in [-0.2, -0.15) is 8.78 Å². The van der Waals surface area contributed by atoms with Crippen molar-refractivity contribution in [1.82, 2.24) is 0 Å². The van der Waals surface area contributed by atoms with Crippen LogP contribution in [-0.2, 0) is 4.74 Å². The monoisotopic (exact) mass is 304 g/mol. The van der Waals surface area contributed by atoms with E-state index in [1.54, 1.807) is 0 Å². The minimum absolute atomic E-state index is 0.0959. The summed E-state index contributed by atoms with van der Waals surface area (Å²) in [5.74, 6) is -5.15. The summed E-state index contributed by atoms with van der Waals surface area (Å²) in [7, 11) is 0. The van der Waals surface area contributed by atoms with Crippen LogP contribution < -0.4 is 0 Å². The van der Waals surface area contributed by atoms with E-state index in [0.717, 1.165) is 12.1 Å². The van der Waals surface area contributed by atoms with E-state index in [-0.39, 0.29) is 10.6 Å². The number of aliphatic hydroxyl groups is 1. The van der Waals surface area contributed by atoms with E-state index >= 15 is 0 Å². The van der Waals surface area contributed by atoms with Crippen molar-refractivity contribution in [1.29, 1.82) is 0 Å². The summed E-state index contributed by atoms with van der Waals surface area (Å²) in [5, 5.41) is 9.58. The predicted molar refractivity (Wildman–Crippen MR) is 58.1 cm³/mol. The van der Waals surface area contributed by atoms with Gasteiger partial charge >= 0.3 is 12.3 Å². The fraction of sp³-hybridized carbons (Fsp3) is 0.455. The lowest BCUT2D eigenvalue weighted by molar-refractivity contribution is -0.170. The maximum absolute atomic E-state index is 13.3. The molecule has 108 valence electrons. The Kier molecular flexibility index (Phi) is 5.51. The highest BCUT2D eigenvalue weighted by atomic mass is 35.5. The molecule has 0 fully saturated rings. The molecule has 0 radical (unpaired) electrons. The highest BCUT2D eigenvalue weighted by Gasteiger charge is 2.41. The van der Waals surface area contributed by atoms with E-state index in [2.05, 4.69) is 4.74 Å². The first-order valence-electron chi connectivity index (χ1n) is 5.11. The first-order valence-corrected chi connectivity index (χ1v) is 5.48. The smallest absolute Gasteiger partial charge is 0.330 e. The molecule has 1 rings (SSSR count). The molecule has 2 nitrogen and oxygen atoms in total. The van der Waals surface area contributed by atoms with E-state index < -0.39 is 37.5 Å². The zero-order valence-corrected chi connectivity index (χ0v) is 10.2. The Bertz CT molecular complexity index is 428. The molecule has 0 heterocycles. The summed E-state index contributed by atoms with van der Waals surface area (Å²) in [6.45, 7) is -2.29. The van der Waals surface area contributed by atoms with Crippen LogP contribution in [0.25, 0.3) is 0 Å². The number of ether oxygens (including phenoxy) is 1. The fourth-order valence-electron chi connectivity index (χ4n) is 1.23. The van der Waals surface area contributed by atoms with Crippen LogP contribution in [-0.4, -0.2) is 30.7 Å². The van der Waals surface area contributed by atoms with Crippen LogP contribution in [0.2, 0.25) is 5.02 Å². The minimum Gasteiger partial charge on any atom is -0.386 e. The molecule has 1 unspecified atom stereocenters. The molecule has 8 heteroatoms. The van der Waals surface area contributed by atoms with Crippen LogP contribution >= 0.6 is 11.6 Å². The van der Waals surface area contributed by atoms with Crippen LogP contribution in [0.3, 0.4) is 0 Å². The summed E-state index contributed by atoms with van der Waals surface area (Å²) >= 11 is 5.49. The Hall–Kier alpha value is -0.920. The van der Waals surface area contributed by atoms with Crippen LogP contribution in [0.1, 0.15) is 11.7 Å². The van der Waals surface area contributed by atoms with Crippen LogP contribution in [0.5, 0.6) is 0 Å². The van der Waals surface area contributed by atoms with Gasteiger partial charge in [0, 0.05) is 10.6 Å². The highest BCUT2D eigenvalue weighted by Crippen LogP contribution is 2.25. The topological polar surface area (TPSA) is 29.5 Å². The SMILES string of the molecule is OC(COCC(F)(F)C(F)F)c1ccc(Cl)cc1F. The summed E-state index contributed by atoms with van der Waals surface area (Å²) < 4.78 is 66.2. The first kappa shape index (κ1) is 16.1. The Morgan fingerprint density at radius 2 is 1.95 bits per heavy atom. The van der Waals surface area contributed by atoms with Gasteiger partial charge in [-0.3, -0.25) is 0 Å². The Labute approximate surface area is 110 Å². The Balaban J connectivity index is 2.54. The molecule has 0 saturated heterocycles. The van der Waals surface area contributed by atoms with Gasteiger partial charge in [0.1, 0.15) is 18.5 Å². The van der Waals surface area contributed by atoms with Gasteiger partial charge in [0.25, 0.3) is 0 Å². The molecule has 0 bridgehead atoms. The average molecular weight is 305 g/mol. The molecule has 0 aliphatic carbocycles. The van der Waals surface area contributed by atoms with Crippen LogP contribution in [0.4, 0.5) is 22.0 Å². The summed E-state index contributed by atoms with van der Waals surface area (Å²) in [6, 6.07) is 3.36. The molecule has 19 heavy (non-hydrogen) atoms. The normalized spacial score (nSPS) is 13.9. The second-order valence-electron chi connectivity index (χ2n) is 3.76. The number of hydrogen-bond donors (Lipinski definition) is 1. The lowest BCUT2D eigenvalue weighted by Crippen LogP contribution is -2.33. The van der Waals surface area contributed by atoms with Crippen LogP contribution in [0.15, 0.2) is 18.2 Å². The van der Waals surface area contributed by atoms with Crippen LogP contribution in [0, 0.1) is 5.82 Å². The second kappa shape index (κ2) is 6.49. The average Bonchev–Trinajstić information content (AvgIpc) is 2.28. The Morgan fingerprint density at radius 3 is 2.47 bits per heavy atom. The number of hydrogen-bond acceptors (Lipinski definition) is 2. The molecule has 0 aromatic heterocycles. The minimum atomic E-state index is -4.31. The first-order chi connectivity index (χ1) is 8.74. The van der Waals surface area contributed by atoms with Gasteiger partial charge in [-0.25, -0.2) is 13.2 Å². The molecule has 0 aliphatic rings. The fourth-order valence-corrected chi connectivity index (χ4v) is 1.39. The van der Waals surface area contributed by atoms with E-state index in [1.165, 1.54) is 6.07 Å². The predicted octanol–water partition coefficient (Wildman–Crippen LogP) is 3.43. The lowest BCUT2D eigenvalue weighted by Gasteiger charge is -2.17. The second-order valence-corrected chi connectivity index (χ2v) is 4.19. The van der Waals surface area contributed by atoms with Gasteiger partial charge in [0.15, 0.2) is 0 Å². The number of aliphatic hydroxyl groups excluding tert-OH is 1. The zero-order valence-electron chi connectivity index (χ0n) is 9.42. The van der Waals surface area contributed by atoms with Gasteiger partial charge in [-0.05, 0) is 12.1 Å². The van der Waals surface area contributed by atoms with Crippen molar-refractivity contribution >= 4 is 11.6 Å². The summed E-state index contributed by atoms with van der Waals surface area (Å²) in [5.41, 5.74) is -0.218. The largest absolute Gasteiger partial charge is 0.386 e. The highest BCUT2D eigenvalue weighted by molar-refractivity contribution is 6.30. The molecule has 1 aromatic carbocycles. The quantitative estimate of drug-likeness (QED) is 0.816. The number of alkyl halides is 4. The van der Waals surface area contributed by atoms with Gasteiger partial charge in [-0.1, -0.05) is 17.7 Å². The van der Waals surface area contributed by atoms with Crippen molar-refractivity contribution in [2.24, 2.45) is 0 Å². The molecule has 1 atom stereocenters. The van der Waals surface area contributed by atoms with Crippen molar-refractivity contribution in [3.8, 4) is 0 Å². The molecule has 0 spiro atoms. The van der Waals surface area contributed by atoms with Crippen molar-refractivity contribution in [2.45, 2.75) is 18.5 Å². The van der Waals surface area contributed by atoms with Crippen molar-refractivity contribution in [3.63, 3.8) is 0 Å². The summed E-state index contributed by atoms with van der Waals surface area (Å²) in [6.07, 6.45) is -5.41. The summed E-state index contributed by atoms with van der Waals surface area (Å²) in [4.78, 5) is 0. The lowest BCUT2D eigenvalue weighted by atomic mass is 10.1. The van der Waals surface area contributed by atoms with E-state index in [4.69, 9.17) is 11.6 Å². The zero-order chi connectivity index (χ0) is 14.6. The molecule has 0 amide bonds. The van der Waals surface area contributed by atoms with Gasteiger partial charge in [-0.15, -0.1) is 0 Å². The molecule has 1 aromatic rings. The van der Waals surface area contributed by atoms with Crippen molar-refractivity contribution in [2.75, 3.05) is 13.2 Å². The number of halogens is 6. The third-order valence-electron chi connectivity index (χ3n) is 2.21. The third-order valence-corrected chi connectivity index (χ3v) is 2.45. The third kappa shape index (κ3) is 4.59. The molecular weight excluding hydrogens is 295 g/mol. The van der Waals surface area contributed by atoms with E-state index in [0.29, 0.717) is 0 Å².